The Labute approximate surface area is 218 Å². The molecule has 0 fully saturated rings. The molecule has 0 aromatic heterocycles. The fourth-order valence-corrected chi connectivity index (χ4v) is 7.05. The zero-order chi connectivity index (χ0) is 19.0. The number of benzene rings is 2. The van der Waals surface area contributed by atoms with Gasteiger partial charge in [-0.1, -0.05) is 97.6 Å². The molecule has 3 rings (SSSR count). The number of halogens is 3. The summed E-state index contributed by atoms with van der Waals surface area (Å²) in [7, 11) is -0.494. The van der Waals surface area contributed by atoms with E-state index in [0.29, 0.717) is 5.54 Å². The average molecular weight is 514 g/mol. The van der Waals surface area contributed by atoms with E-state index in [4.69, 9.17) is 0 Å². The van der Waals surface area contributed by atoms with Gasteiger partial charge in [0.15, 0.2) is 0 Å². The molecule has 0 saturated heterocycles. The van der Waals surface area contributed by atoms with Gasteiger partial charge in [0.2, 0.25) is 0 Å². The van der Waals surface area contributed by atoms with Gasteiger partial charge in [0, 0.05) is 0 Å². The van der Waals surface area contributed by atoms with E-state index in [1.165, 1.54) is 44.5 Å². The molecule has 0 saturated carbocycles. The first-order valence-electron chi connectivity index (χ1n) is 9.64. The Morgan fingerprint density at radius 1 is 0.633 bits per heavy atom. The molecule has 0 N–H and O–H groups in total. The second-order valence-corrected chi connectivity index (χ2v) is 10.1. The van der Waals surface area contributed by atoms with Gasteiger partial charge in [-0.25, -0.2) is 0 Å². The van der Waals surface area contributed by atoms with E-state index in [2.05, 4.69) is 90.9 Å². The van der Waals surface area contributed by atoms with E-state index in [9.17, 15) is 0 Å². The topological polar surface area (TPSA) is 0 Å². The van der Waals surface area contributed by atoms with Crippen LogP contribution in [0.2, 0.25) is 0 Å². The van der Waals surface area contributed by atoms with Crippen LogP contribution in [0.1, 0.15) is 55.6 Å². The molecule has 1 atom stereocenters. The van der Waals surface area contributed by atoms with Crippen molar-refractivity contribution >= 4 is 14.7 Å². The molecular formula is C25H31Cl3SiTi. The number of aryl methyl sites for hydroxylation is 3. The predicted molar refractivity (Wildman–Crippen MR) is 118 cm³/mol. The van der Waals surface area contributed by atoms with Crippen molar-refractivity contribution in [2.24, 2.45) is 0 Å². The molecular weight excluding hydrogens is 483 g/mol. The summed E-state index contributed by atoms with van der Waals surface area (Å²) >= 11 is 0. The van der Waals surface area contributed by atoms with Gasteiger partial charge in [-0.3, -0.25) is 0 Å². The van der Waals surface area contributed by atoms with Crippen LogP contribution in [0, 0.1) is 48.5 Å². The molecule has 0 bridgehead atoms. The Morgan fingerprint density at radius 3 is 1.50 bits per heavy atom. The summed E-state index contributed by atoms with van der Waals surface area (Å²) in [5, 5.41) is 1.57. The quantitative estimate of drug-likeness (QED) is 0.248. The molecule has 160 valence electrons. The van der Waals surface area contributed by atoms with Crippen LogP contribution >= 0.6 is 0 Å². The molecule has 1 unspecified atom stereocenters. The summed E-state index contributed by atoms with van der Waals surface area (Å²) < 4.78 is 0. The molecule has 0 radical (unpaired) electrons. The molecule has 5 heteroatoms. The maximum atomic E-state index is 2.41. The number of hydrogen-bond donors (Lipinski definition) is 0. The van der Waals surface area contributed by atoms with Crippen LogP contribution in [0.5, 0.6) is 0 Å². The molecule has 0 nitrogen and oxygen atoms in total. The van der Waals surface area contributed by atoms with Crippen molar-refractivity contribution in [2.45, 2.75) is 54.0 Å². The average Bonchev–Trinajstić information content (AvgIpc) is 2.76. The minimum absolute atomic E-state index is 0. The Hall–Kier alpha value is -0.409. The van der Waals surface area contributed by atoms with Crippen molar-refractivity contribution < 1.29 is 58.9 Å². The third-order valence-electron chi connectivity index (χ3n) is 6.04. The second-order valence-electron chi connectivity index (χ2n) is 8.08. The predicted octanol–water partition coefficient (Wildman–Crippen LogP) is -3.84. The Kier molecular flexibility index (Phi) is 14.0. The summed E-state index contributed by atoms with van der Waals surface area (Å²) in [6.07, 6.45) is 0. The Balaban J connectivity index is 0. The SMILES string of the molecule is Cc1ccc(C([SiH2]c2cc(C)cc(C)c2)[c-]2c(C)c(C)c(C)c2C)cc1.[Cl-].[Cl-].[Cl-].[Ti+4]. The summed E-state index contributed by atoms with van der Waals surface area (Å²) in [6, 6.07) is 16.4. The number of hydrogen-bond acceptors (Lipinski definition) is 0. The van der Waals surface area contributed by atoms with Crippen molar-refractivity contribution in [3.05, 3.63) is 92.5 Å². The van der Waals surface area contributed by atoms with Crippen LogP contribution in [0.15, 0.2) is 42.5 Å². The van der Waals surface area contributed by atoms with E-state index in [-0.39, 0.29) is 58.9 Å². The summed E-state index contributed by atoms with van der Waals surface area (Å²) in [5.41, 5.74) is 13.7. The smallest absolute Gasteiger partial charge is 1.00 e. The first kappa shape index (κ1) is 31.8. The Bertz CT molecular complexity index is 900. The fourth-order valence-electron chi connectivity index (χ4n) is 4.38. The zero-order valence-corrected chi connectivity index (χ0v) is 24.2. The van der Waals surface area contributed by atoms with Crippen LogP contribution < -0.4 is 42.4 Å². The van der Waals surface area contributed by atoms with Crippen molar-refractivity contribution in [3.8, 4) is 0 Å². The molecule has 0 aliphatic heterocycles. The van der Waals surface area contributed by atoms with Gasteiger partial charge < -0.3 is 37.2 Å². The van der Waals surface area contributed by atoms with Gasteiger partial charge >= 0.3 is 21.7 Å². The van der Waals surface area contributed by atoms with Gasteiger partial charge in [0.25, 0.3) is 0 Å². The molecule has 0 amide bonds. The van der Waals surface area contributed by atoms with Gasteiger partial charge in [-0.15, -0.1) is 5.56 Å². The third-order valence-corrected chi connectivity index (χ3v) is 8.21. The fraction of sp³-hybridized carbons (Fsp3) is 0.320. The maximum Gasteiger partial charge on any atom is 4.00 e. The van der Waals surface area contributed by atoms with E-state index < -0.39 is 9.52 Å². The van der Waals surface area contributed by atoms with Crippen molar-refractivity contribution in [1.29, 1.82) is 0 Å². The van der Waals surface area contributed by atoms with Gasteiger partial charge in [-0.05, 0) is 26.3 Å². The van der Waals surface area contributed by atoms with Crippen molar-refractivity contribution in [3.63, 3.8) is 0 Å². The largest absolute Gasteiger partial charge is 4.00 e. The van der Waals surface area contributed by atoms with Crippen LogP contribution in [0.4, 0.5) is 0 Å². The van der Waals surface area contributed by atoms with Crippen LogP contribution in [-0.2, 0) is 21.7 Å². The second kappa shape index (κ2) is 13.2. The normalized spacial score (nSPS) is 11.2. The molecule has 0 aliphatic rings. The number of rotatable bonds is 4. The first-order valence-corrected chi connectivity index (χ1v) is 11.2. The minimum Gasteiger partial charge on any atom is -1.00 e. The van der Waals surface area contributed by atoms with E-state index in [1.54, 1.807) is 10.8 Å². The third kappa shape index (κ3) is 6.79. The molecule has 3 aromatic carbocycles. The summed E-state index contributed by atoms with van der Waals surface area (Å²) in [4.78, 5) is 0. The van der Waals surface area contributed by atoms with Gasteiger partial charge in [0.1, 0.15) is 0 Å². The summed E-state index contributed by atoms with van der Waals surface area (Å²) in [6.45, 7) is 15.8. The van der Waals surface area contributed by atoms with Gasteiger partial charge in [-0.2, -0.15) is 22.3 Å². The minimum atomic E-state index is -0.494. The molecule has 0 spiro atoms. The zero-order valence-electron chi connectivity index (χ0n) is 19.0. The molecule has 30 heavy (non-hydrogen) atoms. The summed E-state index contributed by atoms with van der Waals surface area (Å²) in [5.74, 6) is 0. The molecule has 0 aliphatic carbocycles. The first-order chi connectivity index (χ1) is 12.3. The van der Waals surface area contributed by atoms with Crippen LogP contribution in [0.25, 0.3) is 0 Å². The molecule has 3 aromatic rings. The van der Waals surface area contributed by atoms with Gasteiger partial charge in [0.05, 0.1) is 9.52 Å². The van der Waals surface area contributed by atoms with Crippen LogP contribution in [-0.4, -0.2) is 9.52 Å². The Morgan fingerprint density at radius 2 is 1.07 bits per heavy atom. The van der Waals surface area contributed by atoms with Crippen LogP contribution in [0.3, 0.4) is 0 Å². The van der Waals surface area contributed by atoms with Crippen molar-refractivity contribution in [1.82, 2.24) is 0 Å². The maximum absolute atomic E-state index is 2.41. The molecule has 0 heterocycles. The monoisotopic (exact) mass is 512 g/mol. The van der Waals surface area contributed by atoms with Crippen molar-refractivity contribution in [2.75, 3.05) is 0 Å². The standard InChI is InChI=1S/C25H31Si.3ClH.Ti/c1-15-8-10-22(11-9-15)25(24-20(6)18(4)19(5)21(24)7)26-23-13-16(2)12-17(3)14-23;;;;/h8-14,25H,26H2,1-7H3;3*1H;/q-1;;;;+4/p-3. The van der Waals surface area contributed by atoms with E-state index in [1.807, 2.05) is 0 Å². The van der Waals surface area contributed by atoms with E-state index >= 15 is 0 Å². The van der Waals surface area contributed by atoms with E-state index in [0.717, 1.165) is 0 Å².